The number of nitrogens with one attached hydrogen (secondary N) is 1. The Bertz CT molecular complexity index is 718. The average molecular weight is 382 g/mol. The highest BCUT2D eigenvalue weighted by Crippen LogP contribution is 2.29. The predicted molar refractivity (Wildman–Crippen MR) is 103 cm³/mol. The van der Waals surface area contributed by atoms with E-state index in [1.807, 2.05) is 18.9 Å². The molecule has 0 bridgehead atoms. The second-order valence-corrected chi connectivity index (χ2v) is 9.21. The number of nitrogens with two attached hydrogens (primary N) is 1. The van der Waals surface area contributed by atoms with E-state index in [-0.39, 0.29) is 22.9 Å². The van der Waals surface area contributed by atoms with E-state index in [0.29, 0.717) is 18.4 Å². The molecule has 0 saturated heterocycles. The van der Waals surface area contributed by atoms with Gasteiger partial charge in [-0.25, -0.2) is 13.6 Å². The van der Waals surface area contributed by atoms with Crippen LogP contribution >= 0.6 is 0 Å². The summed E-state index contributed by atoms with van der Waals surface area (Å²) >= 11 is 0. The van der Waals surface area contributed by atoms with Crippen molar-refractivity contribution in [2.24, 2.45) is 17.0 Å². The van der Waals surface area contributed by atoms with Gasteiger partial charge in [0.15, 0.2) is 0 Å². The SMILES string of the molecule is CC1CCCC(NC(=O)CN(C)C(C)c2ccc(S(N)(=O)=O)cc2)C1C. The average Bonchev–Trinajstić information content (AvgIpc) is 2.57. The number of sulfonamides is 1. The number of benzene rings is 1. The van der Waals surface area contributed by atoms with Crippen LogP contribution in [-0.2, 0) is 14.8 Å². The molecule has 146 valence electrons. The third-order valence-electron chi connectivity index (χ3n) is 5.80. The van der Waals surface area contributed by atoms with Crippen molar-refractivity contribution in [3.05, 3.63) is 29.8 Å². The Kier molecular flexibility index (Phi) is 6.82. The molecular formula is C19H31N3O3S. The number of amides is 1. The van der Waals surface area contributed by atoms with Crippen LogP contribution in [0.3, 0.4) is 0 Å². The maximum Gasteiger partial charge on any atom is 0.238 e. The molecule has 0 aliphatic heterocycles. The van der Waals surface area contributed by atoms with Crippen LogP contribution in [0.15, 0.2) is 29.2 Å². The zero-order chi connectivity index (χ0) is 19.5. The van der Waals surface area contributed by atoms with Crippen LogP contribution in [0, 0.1) is 11.8 Å². The third-order valence-corrected chi connectivity index (χ3v) is 6.73. The zero-order valence-corrected chi connectivity index (χ0v) is 16.9. The van der Waals surface area contributed by atoms with Crippen molar-refractivity contribution in [1.29, 1.82) is 0 Å². The summed E-state index contributed by atoms with van der Waals surface area (Å²) in [5.41, 5.74) is 0.937. The molecule has 1 aromatic rings. The molecule has 4 unspecified atom stereocenters. The number of hydrogen-bond donors (Lipinski definition) is 2. The van der Waals surface area contributed by atoms with Crippen molar-refractivity contribution in [2.75, 3.05) is 13.6 Å². The van der Waals surface area contributed by atoms with Gasteiger partial charge in [0.1, 0.15) is 0 Å². The molecule has 1 amide bonds. The van der Waals surface area contributed by atoms with Crippen molar-refractivity contribution in [3.8, 4) is 0 Å². The fourth-order valence-electron chi connectivity index (χ4n) is 3.59. The minimum atomic E-state index is -3.69. The number of likely N-dealkylation sites (N-methyl/N-ethyl adjacent to an activating group) is 1. The molecular weight excluding hydrogens is 350 g/mol. The predicted octanol–water partition coefficient (Wildman–Crippen LogP) is 2.27. The standard InChI is InChI=1S/C19H31N3O3S/c1-13-6-5-7-18(14(13)2)21-19(23)12-22(4)15(3)16-8-10-17(11-9-16)26(20,24)25/h8-11,13-15,18H,5-7,12H2,1-4H3,(H,21,23)(H2,20,24,25). The smallest absolute Gasteiger partial charge is 0.238 e. The molecule has 1 aliphatic rings. The van der Waals surface area contributed by atoms with Gasteiger partial charge in [0.05, 0.1) is 11.4 Å². The molecule has 0 aromatic heterocycles. The largest absolute Gasteiger partial charge is 0.352 e. The Balaban J connectivity index is 1.93. The molecule has 7 heteroatoms. The molecule has 0 radical (unpaired) electrons. The lowest BCUT2D eigenvalue weighted by Gasteiger charge is -2.35. The van der Waals surface area contributed by atoms with Gasteiger partial charge in [-0.15, -0.1) is 0 Å². The molecule has 0 spiro atoms. The van der Waals surface area contributed by atoms with Gasteiger partial charge in [0, 0.05) is 12.1 Å². The van der Waals surface area contributed by atoms with Gasteiger partial charge in [-0.1, -0.05) is 38.8 Å². The number of carbonyl (C=O) groups is 1. The number of hydrogen-bond acceptors (Lipinski definition) is 4. The highest BCUT2D eigenvalue weighted by Gasteiger charge is 2.28. The number of carbonyl (C=O) groups excluding carboxylic acids is 1. The Morgan fingerprint density at radius 1 is 1.27 bits per heavy atom. The monoisotopic (exact) mass is 381 g/mol. The summed E-state index contributed by atoms with van der Waals surface area (Å²) in [6, 6.07) is 6.72. The quantitative estimate of drug-likeness (QED) is 0.790. The lowest BCUT2D eigenvalue weighted by atomic mass is 9.78. The molecule has 0 heterocycles. The van der Waals surface area contributed by atoms with Crippen LogP contribution in [0.25, 0.3) is 0 Å². The van der Waals surface area contributed by atoms with E-state index in [2.05, 4.69) is 19.2 Å². The summed E-state index contributed by atoms with van der Waals surface area (Å²) in [5.74, 6) is 1.18. The molecule has 2 rings (SSSR count). The Hall–Kier alpha value is -1.44. The molecule has 4 atom stereocenters. The second kappa shape index (κ2) is 8.50. The molecule has 6 nitrogen and oxygen atoms in total. The minimum Gasteiger partial charge on any atom is -0.352 e. The van der Waals surface area contributed by atoms with Gasteiger partial charge in [-0.2, -0.15) is 0 Å². The highest BCUT2D eigenvalue weighted by molar-refractivity contribution is 7.89. The molecule has 26 heavy (non-hydrogen) atoms. The summed E-state index contributed by atoms with van der Waals surface area (Å²) in [5, 5.41) is 8.32. The lowest BCUT2D eigenvalue weighted by Crippen LogP contribution is -2.47. The van der Waals surface area contributed by atoms with Crippen molar-refractivity contribution >= 4 is 15.9 Å². The van der Waals surface area contributed by atoms with Crippen LogP contribution < -0.4 is 10.5 Å². The summed E-state index contributed by atoms with van der Waals surface area (Å²) in [7, 11) is -1.79. The fraction of sp³-hybridized carbons (Fsp3) is 0.632. The van der Waals surface area contributed by atoms with Gasteiger partial charge >= 0.3 is 0 Å². The normalized spacial score (nSPS) is 25.1. The van der Waals surface area contributed by atoms with Crippen LogP contribution in [0.2, 0.25) is 0 Å². The van der Waals surface area contributed by atoms with E-state index in [9.17, 15) is 13.2 Å². The summed E-state index contributed by atoms with van der Waals surface area (Å²) in [6.45, 7) is 6.76. The first-order chi connectivity index (χ1) is 12.1. The molecule has 3 N–H and O–H groups in total. The van der Waals surface area contributed by atoms with Crippen molar-refractivity contribution in [2.45, 2.75) is 57.0 Å². The number of nitrogens with zero attached hydrogens (tertiary/aromatic N) is 1. The Morgan fingerprint density at radius 2 is 1.88 bits per heavy atom. The topological polar surface area (TPSA) is 92.5 Å². The van der Waals surface area contributed by atoms with E-state index >= 15 is 0 Å². The van der Waals surface area contributed by atoms with Gasteiger partial charge in [-0.05, 0) is 49.9 Å². The molecule has 1 aliphatic carbocycles. The van der Waals surface area contributed by atoms with Crippen molar-refractivity contribution in [3.63, 3.8) is 0 Å². The highest BCUT2D eigenvalue weighted by atomic mass is 32.2. The number of primary sulfonamides is 1. The van der Waals surface area contributed by atoms with Crippen LogP contribution in [0.1, 0.15) is 51.6 Å². The third kappa shape index (κ3) is 5.28. The van der Waals surface area contributed by atoms with E-state index in [0.717, 1.165) is 12.0 Å². The summed E-state index contributed by atoms with van der Waals surface area (Å²) < 4.78 is 22.7. The van der Waals surface area contributed by atoms with E-state index in [1.165, 1.54) is 25.0 Å². The van der Waals surface area contributed by atoms with E-state index < -0.39 is 10.0 Å². The maximum absolute atomic E-state index is 12.4. The second-order valence-electron chi connectivity index (χ2n) is 7.65. The summed E-state index contributed by atoms with van der Waals surface area (Å²) in [6.07, 6.45) is 3.45. The Morgan fingerprint density at radius 3 is 2.46 bits per heavy atom. The first-order valence-corrected chi connectivity index (χ1v) is 10.8. The molecule has 1 fully saturated rings. The van der Waals surface area contributed by atoms with Crippen LogP contribution in [-0.4, -0.2) is 38.9 Å². The van der Waals surface area contributed by atoms with Gasteiger partial charge < -0.3 is 5.32 Å². The van der Waals surface area contributed by atoms with Gasteiger partial charge in [0.25, 0.3) is 0 Å². The van der Waals surface area contributed by atoms with Crippen LogP contribution in [0.5, 0.6) is 0 Å². The van der Waals surface area contributed by atoms with Crippen molar-refractivity contribution in [1.82, 2.24) is 10.2 Å². The first kappa shape index (κ1) is 20.9. The van der Waals surface area contributed by atoms with Crippen molar-refractivity contribution < 1.29 is 13.2 Å². The first-order valence-electron chi connectivity index (χ1n) is 9.22. The minimum absolute atomic E-state index is 0.0158. The van der Waals surface area contributed by atoms with Gasteiger partial charge in [0.2, 0.25) is 15.9 Å². The lowest BCUT2D eigenvalue weighted by molar-refractivity contribution is -0.123. The van der Waals surface area contributed by atoms with E-state index in [4.69, 9.17) is 5.14 Å². The zero-order valence-electron chi connectivity index (χ0n) is 16.1. The summed E-state index contributed by atoms with van der Waals surface area (Å²) in [4.78, 5) is 14.5. The maximum atomic E-state index is 12.4. The van der Waals surface area contributed by atoms with Crippen LogP contribution in [0.4, 0.5) is 0 Å². The van der Waals surface area contributed by atoms with E-state index in [1.54, 1.807) is 12.1 Å². The fourth-order valence-corrected chi connectivity index (χ4v) is 4.11. The Labute approximate surface area is 157 Å². The number of rotatable bonds is 6. The molecule has 1 saturated carbocycles. The molecule has 1 aromatic carbocycles. The van der Waals surface area contributed by atoms with Gasteiger partial charge in [-0.3, -0.25) is 9.69 Å².